The van der Waals surface area contributed by atoms with E-state index in [4.69, 9.17) is 0 Å². The van der Waals surface area contributed by atoms with Crippen molar-refractivity contribution in [1.82, 2.24) is 0 Å². The van der Waals surface area contributed by atoms with Crippen LogP contribution in [-0.2, 0) is 0 Å². The summed E-state index contributed by atoms with van der Waals surface area (Å²) in [6.07, 6.45) is 3.76. The van der Waals surface area contributed by atoms with Crippen molar-refractivity contribution in [2.45, 2.75) is 37.0 Å². The molecule has 2 aromatic carbocycles. The van der Waals surface area contributed by atoms with E-state index >= 15 is 0 Å². The monoisotopic (exact) mass is 296 g/mol. The number of thioether (sulfide) groups is 1. The minimum Gasteiger partial charge on any atom is -0.293 e. The lowest BCUT2D eigenvalue weighted by Crippen LogP contribution is -2.14. The number of carbonyl (C=O) groups is 1. The highest BCUT2D eigenvalue weighted by Crippen LogP contribution is 2.38. The lowest BCUT2D eigenvalue weighted by molar-refractivity contribution is 0.102. The third kappa shape index (κ3) is 3.38. The first-order valence-electron chi connectivity index (χ1n) is 7.55. The Morgan fingerprint density at radius 2 is 1.81 bits per heavy atom. The summed E-state index contributed by atoms with van der Waals surface area (Å²) in [4.78, 5) is 13.7. The van der Waals surface area contributed by atoms with Gasteiger partial charge in [-0.2, -0.15) is 0 Å². The van der Waals surface area contributed by atoms with E-state index in [9.17, 15) is 4.79 Å². The van der Waals surface area contributed by atoms with E-state index in [1.54, 1.807) is 11.8 Å². The quantitative estimate of drug-likeness (QED) is 0.554. The summed E-state index contributed by atoms with van der Waals surface area (Å²) in [6, 6.07) is 16.5. The molecule has 0 unspecified atom stereocenters. The minimum atomic E-state index is 0.253. The van der Waals surface area contributed by atoms with E-state index in [1.807, 2.05) is 12.1 Å². The maximum absolute atomic E-state index is 12.5. The smallest absolute Gasteiger partial charge is 0.173 e. The molecule has 0 amide bonds. The second kappa shape index (κ2) is 6.48. The molecule has 0 radical (unpaired) electrons. The van der Waals surface area contributed by atoms with Crippen molar-refractivity contribution in [3.8, 4) is 0 Å². The van der Waals surface area contributed by atoms with Gasteiger partial charge in [0.15, 0.2) is 5.78 Å². The first-order valence-corrected chi connectivity index (χ1v) is 8.54. The van der Waals surface area contributed by atoms with E-state index < -0.39 is 0 Å². The summed E-state index contributed by atoms with van der Waals surface area (Å²) in [6.45, 7) is 2.08. The standard InChI is InChI=1S/C19H20OS/c1-14-9-11-16(12-10-14)21-13-19(20)18-8-3-2-7-17(18)15-5-4-6-15/h2-3,7-12,15H,4-6,13H2,1H3. The molecule has 2 aromatic rings. The number of benzene rings is 2. The van der Waals surface area contributed by atoms with Gasteiger partial charge in [0.1, 0.15) is 0 Å². The van der Waals surface area contributed by atoms with Gasteiger partial charge in [0.25, 0.3) is 0 Å². The minimum absolute atomic E-state index is 0.253. The molecule has 1 aliphatic carbocycles. The molecule has 0 atom stereocenters. The summed E-state index contributed by atoms with van der Waals surface area (Å²) in [5.41, 5.74) is 3.45. The molecule has 1 saturated carbocycles. The number of hydrogen-bond acceptors (Lipinski definition) is 2. The Balaban J connectivity index is 1.69. The van der Waals surface area contributed by atoms with Crippen LogP contribution in [0.1, 0.15) is 46.7 Å². The fourth-order valence-electron chi connectivity index (χ4n) is 2.69. The van der Waals surface area contributed by atoms with Crippen LogP contribution in [0.15, 0.2) is 53.4 Å². The highest BCUT2D eigenvalue weighted by Gasteiger charge is 2.23. The molecular formula is C19H20OS. The molecule has 2 heteroatoms. The number of aryl methyl sites for hydroxylation is 1. The summed E-state index contributed by atoms with van der Waals surface area (Å²) in [5.74, 6) is 1.38. The maximum atomic E-state index is 12.5. The summed E-state index contributed by atoms with van der Waals surface area (Å²) in [5, 5.41) is 0. The van der Waals surface area contributed by atoms with Gasteiger partial charge in [0.2, 0.25) is 0 Å². The van der Waals surface area contributed by atoms with Crippen LogP contribution < -0.4 is 0 Å². The summed E-state index contributed by atoms with van der Waals surface area (Å²) in [7, 11) is 0. The first kappa shape index (κ1) is 14.4. The molecule has 1 aliphatic rings. The second-order valence-electron chi connectivity index (χ2n) is 5.74. The molecular weight excluding hydrogens is 276 g/mol. The lowest BCUT2D eigenvalue weighted by atomic mass is 9.78. The normalized spacial score (nSPS) is 14.7. The molecule has 0 aromatic heterocycles. The molecule has 3 rings (SSSR count). The van der Waals surface area contributed by atoms with E-state index in [2.05, 4.69) is 43.3 Å². The molecule has 108 valence electrons. The largest absolute Gasteiger partial charge is 0.293 e. The molecule has 21 heavy (non-hydrogen) atoms. The Bertz CT molecular complexity index is 626. The molecule has 0 saturated heterocycles. The zero-order valence-corrected chi connectivity index (χ0v) is 13.2. The van der Waals surface area contributed by atoms with Gasteiger partial charge in [-0.1, -0.05) is 48.4 Å². The third-order valence-corrected chi connectivity index (χ3v) is 5.21. The number of ketones is 1. The van der Waals surface area contributed by atoms with Crippen LogP contribution in [0.5, 0.6) is 0 Å². The van der Waals surface area contributed by atoms with E-state index in [0.717, 1.165) is 10.5 Å². The van der Waals surface area contributed by atoms with Crippen molar-refractivity contribution in [3.05, 3.63) is 65.2 Å². The molecule has 1 fully saturated rings. The van der Waals surface area contributed by atoms with Gasteiger partial charge >= 0.3 is 0 Å². The predicted octanol–water partition coefficient (Wildman–Crippen LogP) is 5.24. The van der Waals surface area contributed by atoms with Crippen LogP contribution in [0, 0.1) is 6.92 Å². The van der Waals surface area contributed by atoms with Gasteiger partial charge in [-0.25, -0.2) is 0 Å². The Morgan fingerprint density at radius 3 is 2.48 bits per heavy atom. The van der Waals surface area contributed by atoms with E-state index in [0.29, 0.717) is 11.7 Å². The first-order chi connectivity index (χ1) is 10.2. The van der Waals surface area contributed by atoms with Crippen molar-refractivity contribution in [3.63, 3.8) is 0 Å². The number of rotatable bonds is 5. The highest BCUT2D eigenvalue weighted by molar-refractivity contribution is 8.00. The van der Waals surface area contributed by atoms with E-state index in [-0.39, 0.29) is 5.78 Å². The van der Waals surface area contributed by atoms with Crippen LogP contribution in [0.25, 0.3) is 0 Å². The Hall–Kier alpha value is -1.54. The number of Topliss-reactive ketones (excluding diaryl/α,β-unsaturated/α-hetero) is 1. The van der Waals surface area contributed by atoms with Crippen LogP contribution in [0.3, 0.4) is 0 Å². The topological polar surface area (TPSA) is 17.1 Å². The predicted molar refractivity (Wildman–Crippen MR) is 89.3 cm³/mol. The number of carbonyl (C=O) groups excluding carboxylic acids is 1. The summed E-state index contributed by atoms with van der Waals surface area (Å²) < 4.78 is 0. The molecule has 0 heterocycles. The van der Waals surface area contributed by atoms with Gasteiger partial charge < -0.3 is 0 Å². The van der Waals surface area contributed by atoms with Crippen LogP contribution in [0.2, 0.25) is 0 Å². The second-order valence-corrected chi connectivity index (χ2v) is 6.79. The Kier molecular flexibility index (Phi) is 4.45. The van der Waals surface area contributed by atoms with E-state index in [1.165, 1.54) is 30.4 Å². The SMILES string of the molecule is Cc1ccc(SCC(=O)c2ccccc2C2CCC2)cc1. The fourth-order valence-corrected chi connectivity index (χ4v) is 3.47. The van der Waals surface area contributed by atoms with Gasteiger partial charge in [0, 0.05) is 10.5 Å². The Morgan fingerprint density at radius 1 is 1.10 bits per heavy atom. The zero-order valence-electron chi connectivity index (χ0n) is 12.3. The maximum Gasteiger partial charge on any atom is 0.173 e. The van der Waals surface area contributed by atoms with Crippen LogP contribution in [-0.4, -0.2) is 11.5 Å². The van der Waals surface area contributed by atoms with Crippen LogP contribution >= 0.6 is 11.8 Å². The van der Waals surface area contributed by atoms with Crippen molar-refractivity contribution in [1.29, 1.82) is 0 Å². The van der Waals surface area contributed by atoms with Gasteiger partial charge in [-0.3, -0.25) is 4.79 Å². The highest BCUT2D eigenvalue weighted by atomic mass is 32.2. The van der Waals surface area contributed by atoms with Crippen molar-refractivity contribution in [2.24, 2.45) is 0 Å². The number of hydrogen-bond donors (Lipinski definition) is 0. The fraction of sp³-hybridized carbons (Fsp3) is 0.316. The summed E-state index contributed by atoms with van der Waals surface area (Å²) >= 11 is 1.63. The average Bonchev–Trinajstić information content (AvgIpc) is 2.45. The molecule has 0 N–H and O–H groups in total. The van der Waals surface area contributed by atoms with Crippen molar-refractivity contribution < 1.29 is 4.79 Å². The average molecular weight is 296 g/mol. The lowest BCUT2D eigenvalue weighted by Gasteiger charge is -2.27. The molecule has 0 aliphatic heterocycles. The van der Waals surface area contributed by atoms with Crippen molar-refractivity contribution >= 4 is 17.5 Å². The zero-order chi connectivity index (χ0) is 14.7. The van der Waals surface area contributed by atoms with Crippen molar-refractivity contribution in [2.75, 3.05) is 5.75 Å². The third-order valence-electron chi connectivity index (χ3n) is 4.20. The molecule has 0 bridgehead atoms. The van der Waals surface area contributed by atoms with Crippen LogP contribution in [0.4, 0.5) is 0 Å². The Labute approximate surface area is 130 Å². The molecule has 0 spiro atoms. The van der Waals surface area contributed by atoms with Gasteiger partial charge in [0.05, 0.1) is 5.75 Å². The van der Waals surface area contributed by atoms with Gasteiger partial charge in [-0.15, -0.1) is 11.8 Å². The molecule has 1 nitrogen and oxygen atoms in total. The van der Waals surface area contributed by atoms with Gasteiger partial charge in [-0.05, 0) is 43.4 Å².